The third kappa shape index (κ3) is 2.11. The maximum absolute atomic E-state index is 11.5. The molecule has 0 bridgehead atoms. The van der Waals surface area contributed by atoms with E-state index in [1.807, 2.05) is 24.3 Å². The second-order valence-electron chi connectivity index (χ2n) is 5.30. The van der Waals surface area contributed by atoms with E-state index in [0.29, 0.717) is 5.56 Å². The van der Waals surface area contributed by atoms with Crippen LogP contribution in [0.3, 0.4) is 0 Å². The standard InChI is InChI=1S/C18H18O2/c1-12-16-5-3-4-13(16)10-11-17(12)14-6-8-15(9-7-14)18(19)20-2/h6-11H,3-5H2,1-2H3. The first kappa shape index (κ1) is 12.9. The van der Waals surface area contributed by atoms with Gasteiger partial charge in [0.25, 0.3) is 0 Å². The molecule has 0 amide bonds. The van der Waals surface area contributed by atoms with Crippen LogP contribution in [-0.4, -0.2) is 13.1 Å². The SMILES string of the molecule is COC(=O)c1ccc(-c2ccc3c(c2C)CCC3)cc1. The van der Waals surface area contributed by atoms with Crippen molar-refractivity contribution in [3.8, 4) is 11.1 Å². The highest BCUT2D eigenvalue weighted by Crippen LogP contribution is 2.32. The zero-order chi connectivity index (χ0) is 14.1. The zero-order valence-electron chi connectivity index (χ0n) is 11.9. The fourth-order valence-electron chi connectivity index (χ4n) is 3.07. The molecule has 0 radical (unpaired) electrons. The summed E-state index contributed by atoms with van der Waals surface area (Å²) in [4.78, 5) is 11.5. The number of carbonyl (C=O) groups excluding carboxylic acids is 1. The van der Waals surface area contributed by atoms with E-state index in [1.165, 1.54) is 48.6 Å². The largest absolute Gasteiger partial charge is 0.465 e. The molecule has 20 heavy (non-hydrogen) atoms. The minimum Gasteiger partial charge on any atom is -0.465 e. The fourth-order valence-corrected chi connectivity index (χ4v) is 3.07. The predicted octanol–water partition coefficient (Wildman–Crippen LogP) is 3.94. The van der Waals surface area contributed by atoms with Crippen molar-refractivity contribution in [3.05, 3.63) is 58.7 Å². The molecule has 102 valence electrons. The van der Waals surface area contributed by atoms with E-state index >= 15 is 0 Å². The maximum atomic E-state index is 11.5. The van der Waals surface area contributed by atoms with Crippen LogP contribution in [0.1, 0.15) is 33.5 Å². The number of hydrogen-bond donors (Lipinski definition) is 0. The topological polar surface area (TPSA) is 26.3 Å². The number of esters is 1. The molecule has 2 heteroatoms. The number of ether oxygens (including phenoxy) is 1. The van der Waals surface area contributed by atoms with Gasteiger partial charge in [-0.1, -0.05) is 24.3 Å². The molecule has 0 unspecified atom stereocenters. The van der Waals surface area contributed by atoms with Crippen molar-refractivity contribution in [1.82, 2.24) is 0 Å². The van der Waals surface area contributed by atoms with Crippen LogP contribution >= 0.6 is 0 Å². The second-order valence-corrected chi connectivity index (χ2v) is 5.30. The van der Waals surface area contributed by atoms with E-state index in [2.05, 4.69) is 19.1 Å². The van der Waals surface area contributed by atoms with Crippen molar-refractivity contribution in [3.63, 3.8) is 0 Å². The summed E-state index contributed by atoms with van der Waals surface area (Å²) in [6.07, 6.45) is 3.66. The minimum atomic E-state index is -0.290. The molecule has 2 aromatic carbocycles. The lowest BCUT2D eigenvalue weighted by Crippen LogP contribution is -2.00. The highest BCUT2D eigenvalue weighted by atomic mass is 16.5. The van der Waals surface area contributed by atoms with Crippen molar-refractivity contribution in [2.24, 2.45) is 0 Å². The highest BCUT2D eigenvalue weighted by Gasteiger charge is 2.16. The zero-order valence-corrected chi connectivity index (χ0v) is 11.9. The third-order valence-electron chi connectivity index (χ3n) is 4.19. The van der Waals surface area contributed by atoms with Crippen LogP contribution in [0, 0.1) is 6.92 Å². The highest BCUT2D eigenvalue weighted by molar-refractivity contribution is 5.90. The Morgan fingerprint density at radius 2 is 1.80 bits per heavy atom. The summed E-state index contributed by atoms with van der Waals surface area (Å²) in [7, 11) is 1.40. The molecule has 0 fully saturated rings. The van der Waals surface area contributed by atoms with Crippen molar-refractivity contribution < 1.29 is 9.53 Å². The van der Waals surface area contributed by atoms with Gasteiger partial charge in [-0.25, -0.2) is 4.79 Å². The summed E-state index contributed by atoms with van der Waals surface area (Å²) in [5, 5.41) is 0. The van der Waals surface area contributed by atoms with Crippen LogP contribution < -0.4 is 0 Å². The summed E-state index contributed by atoms with van der Waals surface area (Å²) in [6, 6.07) is 12.1. The quantitative estimate of drug-likeness (QED) is 0.770. The van der Waals surface area contributed by atoms with Gasteiger partial charge in [0.1, 0.15) is 0 Å². The van der Waals surface area contributed by atoms with Crippen molar-refractivity contribution in [2.45, 2.75) is 26.2 Å². The third-order valence-corrected chi connectivity index (χ3v) is 4.19. The van der Waals surface area contributed by atoms with Gasteiger partial charge in [-0.05, 0) is 66.1 Å². The summed E-state index contributed by atoms with van der Waals surface area (Å²) in [6.45, 7) is 2.20. The van der Waals surface area contributed by atoms with Gasteiger partial charge in [-0.3, -0.25) is 0 Å². The van der Waals surface area contributed by atoms with Crippen molar-refractivity contribution >= 4 is 5.97 Å². The van der Waals surface area contributed by atoms with Crippen LogP contribution in [-0.2, 0) is 17.6 Å². The molecule has 0 N–H and O–H groups in total. The van der Waals surface area contributed by atoms with Crippen LogP contribution in [0.25, 0.3) is 11.1 Å². The summed E-state index contributed by atoms with van der Waals surface area (Å²) in [5.74, 6) is -0.290. The van der Waals surface area contributed by atoms with Crippen LogP contribution in [0.4, 0.5) is 0 Å². The summed E-state index contributed by atoms with van der Waals surface area (Å²) in [5.41, 5.74) is 7.41. The normalized spacial score (nSPS) is 13.1. The van der Waals surface area contributed by atoms with E-state index in [-0.39, 0.29) is 5.97 Å². The average molecular weight is 266 g/mol. The van der Waals surface area contributed by atoms with Crippen LogP contribution in [0.2, 0.25) is 0 Å². The first-order chi connectivity index (χ1) is 9.70. The molecule has 2 aromatic rings. The minimum absolute atomic E-state index is 0.290. The molecular formula is C18H18O2. The van der Waals surface area contributed by atoms with E-state index in [1.54, 1.807) is 0 Å². The molecule has 0 aromatic heterocycles. The van der Waals surface area contributed by atoms with Gasteiger partial charge in [0.05, 0.1) is 12.7 Å². The number of fused-ring (bicyclic) bond motifs is 1. The smallest absolute Gasteiger partial charge is 0.337 e. The van der Waals surface area contributed by atoms with E-state index in [0.717, 1.165) is 5.56 Å². The second kappa shape index (κ2) is 5.12. The number of aryl methyl sites for hydroxylation is 1. The van der Waals surface area contributed by atoms with Gasteiger partial charge in [0, 0.05) is 0 Å². The fraction of sp³-hybridized carbons (Fsp3) is 0.278. The Balaban J connectivity index is 1.99. The molecule has 1 aliphatic rings. The molecular weight excluding hydrogens is 248 g/mol. The first-order valence-electron chi connectivity index (χ1n) is 7.01. The molecule has 0 atom stereocenters. The monoisotopic (exact) mass is 266 g/mol. The van der Waals surface area contributed by atoms with Gasteiger partial charge in [0.2, 0.25) is 0 Å². The number of carbonyl (C=O) groups is 1. The summed E-state index contributed by atoms with van der Waals surface area (Å²) < 4.78 is 4.73. The molecule has 0 spiro atoms. The molecule has 3 rings (SSSR count). The predicted molar refractivity (Wildman–Crippen MR) is 80.0 cm³/mol. The van der Waals surface area contributed by atoms with E-state index in [4.69, 9.17) is 4.74 Å². The Labute approximate surface area is 119 Å². The lowest BCUT2D eigenvalue weighted by atomic mass is 9.93. The molecule has 0 saturated heterocycles. The Kier molecular flexibility index (Phi) is 3.31. The number of methoxy groups -OCH3 is 1. The van der Waals surface area contributed by atoms with Gasteiger partial charge >= 0.3 is 5.97 Å². The molecule has 1 aliphatic carbocycles. The number of rotatable bonds is 2. The van der Waals surface area contributed by atoms with Crippen LogP contribution in [0.5, 0.6) is 0 Å². The summed E-state index contributed by atoms with van der Waals surface area (Å²) >= 11 is 0. The Morgan fingerprint density at radius 1 is 1.05 bits per heavy atom. The average Bonchev–Trinajstić information content (AvgIpc) is 2.96. The van der Waals surface area contributed by atoms with Gasteiger partial charge in [-0.15, -0.1) is 0 Å². The van der Waals surface area contributed by atoms with Crippen molar-refractivity contribution in [1.29, 1.82) is 0 Å². The maximum Gasteiger partial charge on any atom is 0.337 e. The Morgan fingerprint density at radius 3 is 2.50 bits per heavy atom. The number of benzene rings is 2. The van der Waals surface area contributed by atoms with Crippen LogP contribution in [0.15, 0.2) is 36.4 Å². The lowest BCUT2D eigenvalue weighted by Gasteiger charge is -2.11. The first-order valence-corrected chi connectivity index (χ1v) is 7.01. The molecule has 0 saturated carbocycles. The van der Waals surface area contributed by atoms with Crippen molar-refractivity contribution in [2.75, 3.05) is 7.11 Å². The van der Waals surface area contributed by atoms with Gasteiger partial charge in [-0.2, -0.15) is 0 Å². The molecule has 0 heterocycles. The lowest BCUT2D eigenvalue weighted by molar-refractivity contribution is 0.0601. The number of hydrogen-bond acceptors (Lipinski definition) is 2. The van der Waals surface area contributed by atoms with E-state index < -0.39 is 0 Å². The Bertz CT molecular complexity index is 654. The molecule has 2 nitrogen and oxygen atoms in total. The molecule has 0 aliphatic heterocycles. The van der Waals surface area contributed by atoms with Gasteiger partial charge in [0.15, 0.2) is 0 Å². The van der Waals surface area contributed by atoms with E-state index in [9.17, 15) is 4.79 Å². The van der Waals surface area contributed by atoms with Gasteiger partial charge < -0.3 is 4.74 Å². The Hall–Kier alpha value is -2.09.